The highest BCUT2D eigenvalue weighted by Gasteiger charge is 2.34. The molecule has 0 bridgehead atoms. The zero-order valence-electron chi connectivity index (χ0n) is 12.5. The van der Waals surface area contributed by atoms with Crippen molar-refractivity contribution < 1.29 is 17.9 Å². The summed E-state index contributed by atoms with van der Waals surface area (Å²) in [7, 11) is 1.64. The molecule has 2 atom stereocenters. The van der Waals surface area contributed by atoms with Gasteiger partial charge in [0.2, 0.25) is 0 Å². The van der Waals surface area contributed by atoms with E-state index in [1.165, 1.54) is 6.07 Å². The number of anilines is 1. The molecule has 0 spiro atoms. The highest BCUT2D eigenvalue weighted by Crippen LogP contribution is 2.35. The van der Waals surface area contributed by atoms with E-state index in [1.807, 2.05) is 18.7 Å². The lowest BCUT2D eigenvalue weighted by atomic mass is 10.0. The van der Waals surface area contributed by atoms with E-state index in [0.717, 1.165) is 0 Å². The van der Waals surface area contributed by atoms with Crippen LogP contribution in [-0.2, 0) is 17.5 Å². The van der Waals surface area contributed by atoms with E-state index in [1.54, 1.807) is 19.2 Å². The third-order valence-corrected chi connectivity index (χ3v) is 3.71. The van der Waals surface area contributed by atoms with Crippen molar-refractivity contribution in [3.05, 3.63) is 29.3 Å². The number of nitrogens with zero attached hydrogens (tertiary/aromatic N) is 1. The van der Waals surface area contributed by atoms with Crippen LogP contribution in [0.4, 0.5) is 18.9 Å². The van der Waals surface area contributed by atoms with Crippen LogP contribution in [0.2, 0.25) is 0 Å². The lowest BCUT2D eigenvalue weighted by molar-refractivity contribution is -0.138. The van der Waals surface area contributed by atoms with Gasteiger partial charge in [-0.3, -0.25) is 0 Å². The quantitative estimate of drug-likeness (QED) is 0.929. The van der Waals surface area contributed by atoms with Crippen molar-refractivity contribution in [3.8, 4) is 0 Å². The molecule has 0 aromatic heterocycles. The number of hydrogen-bond donors (Lipinski definition) is 1. The molecule has 3 nitrogen and oxygen atoms in total. The van der Waals surface area contributed by atoms with E-state index in [-0.39, 0.29) is 24.3 Å². The van der Waals surface area contributed by atoms with Gasteiger partial charge in [-0.1, -0.05) is 6.07 Å². The molecule has 0 radical (unpaired) electrons. The summed E-state index contributed by atoms with van der Waals surface area (Å²) in [6.45, 7) is 5.22. The standard InChI is InChI=1S/C15H21F3N2O/c1-10-9-21-11(2)8-20(10)13-5-4-12(7-19-3)14(6-13)15(16,17)18/h4-6,10-11,19H,7-9H2,1-3H3. The van der Waals surface area contributed by atoms with E-state index >= 15 is 0 Å². The number of alkyl halides is 3. The number of nitrogens with one attached hydrogen (secondary N) is 1. The smallest absolute Gasteiger partial charge is 0.375 e. The molecular weight excluding hydrogens is 281 g/mol. The second kappa shape index (κ2) is 6.23. The molecule has 2 rings (SSSR count). The Bertz CT molecular complexity index is 490. The number of rotatable bonds is 3. The molecule has 6 heteroatoms. The first-order valence-corrected chi connectivity index (χ1v) is 7.06. The molecule has 1 aliphatic rings. The van der Waals surface area contributed by atoms with Gasteiger partial charge in [-0.15, -0.1) is 0 Å². The van der Waals surface area contributed by atoms with Crippen molar-refractivity contribution in [2.45, 2.75) is 38.7 Å². The minimum absolute atomic E-state index is 0.0209. The Balaban J connectivity index is 2.36. The topological polar surface area (TPSA) is 24.5 Å². The molecule has 1 heterocycles. The van der Waals surface area contributed by atoms with Crippen molar-refractivity contribution in [2.24, 2.45) is 0 Å². The van der Waals surface area contributed by atoms with E-state index in [0.29, 0.717) is 18.8 Å². The largest absolute Gasteiger partial charge is 0.416 e. The monoisotopic (exact) mass is 302 g/mol. The van der Waals surface area contributed by atoms with Gasteiger partial charge in [0.05, 0.1) is 18.3 Å². The normalized spacial score (nSPS) is 23.4. The molecule has 118 valence electrons. The van der Waals surface area contributed by atoms with Crippen LogP contribution in [0.5, 0.6) is 0 Å². The summed E-state index contributed by atoms with van der Waals surface area (Å²) in [6, 6.07) is 4.64. The Kier molecular flexibility index (Phi) is 4.78. The van der Waals surface area contributed by atoms with Crippen LogP contribution in [0.25, 0.3) is 0 Å². The van der Waals surface area contributed by atoms with E-state index in [4.69, 9.17) is 4.74 Å². The summed E-state index contributed by atoms with van der Waals surface area (Å²) in [5.74, 6) is 0. The molecule has 0 amide bonds. The predicted molar refractivity (Wildman–Crippen MR) is 76.4 cm³/mol. The van der Waals surface area contributed by atoms with Gasteiger partial charge in [-0.2, -0.15) is 13.2 Å². The van der Waals surface area contributed by atoms with Gasteiger partial charge in [0.25, 0.3) is 0 Å². The average molecular weight is 302 g/mol. The number of hydrogen-bond acceptors (Lipinski definition) is 3. The zero-order chi connectivity index (χ0) is 15.6. The molecule has 2 unspecified atom stereocenters. The Hall–Kier alpha value is -1.27. The fourth-order valence-corrected chi connectivity index (χ4v) is 2.61. The molecule has 21 heavy (non-hydrogen) atoms. The van der Waals surface area contributed by atoms with Crippen LogP contribution >= 0.6 is 0 Å². The Morgan fingerprint density at radius 2 is 2.05 bits per heavy atom. The van der Waals surface area contributed by atoms with Crippen LogP contribution in [0.15, 0.2) is 18.2 Å². The summed E-state index contributed by atoms with van der Waals surface area (Å²) in [4.78, 5) is 1.98. The van der Waals surface area contributed by atoms with E-state index in [9.17, 15) is 13.2 Å². The number of benzene rings is 1. The van der Waals surface area contributed by atoms with Gasteiger partial charge in [-0.25, -0.2) is 0 Å². The maximum absolute atomic E-state index is 13.2. The molecule has 0 aliphatic carbocycles. The van der Waals surface area contributed by atoms with Crippen molar-refractivity contribution >= 4 is 5.69 Å². The maximum atomic E-state index is 13.2. The van der Waals surface area contributed by atoms with Gasteiger partial charge in [0.15, 0.2) is 0 Å². The molecule has 1 N–H and O–H groups in total. The average Bonchev–Trinajstić information content (AvgIpc) is 2.41. The Morgan fingerprint density at radius 1 is 1.33 bits per heavy atom. The van der Waals surface area contributed by atoms with E-state index in [2.05, 4.69) is 5.32 Å². The molecule has 1 aromatic carbocycles. The minimum atomic E-state index is -4.34. The lowest BCUT2D eigenvalue weighted by Gasteiger charge is -2.39. The predicted octanol–water partition coefficient (Wildman–Crippen LogP) is 3.04. The Labute approximate surface area is 123 Å². The van der Waals surface area contributed by atoms with Crippen molar-refractivity contribution in [2.75, 3.05) is 25.1 Å². The highest BCUT2D eigenvalue weighted by molar-refractivity contribution is 5.53. The van der Waals surface area contributed by atoms with Gasteiger partial charge in [0, 0.05) is 24.8 Å². The van der Waals surface area contributed by atoms with Crippen LogP contribution in [0.1, 0.15) is 25.0 Å². The van der Waals surface area contributed by atoms with Gasteiger partial charge in [-0.05, 0) is 38.6 Å². The maximum Gasteiger partial charge on any atom is 0.416 e. The number of morpholine rings is 1. The molecule has 1 saturated heterocycles. The zero-order valence-corrected chi connectivity index (χ0v) is 12.5. The first kappa shape index (κ1) is 16.1. The molecule has 1 aliphatic heterocycles. The third kappa shape index (κ3) is 3.68. The van der Waals surface area contributed by atoms with Crippen LogP contribution in [0.3, 0.4) is 0 Å². The van der Waals surface area contributed by atoms with Crippen LogP contribution in [0, 0.1) is 0 Å². The van der Waals surface area contributed by atoms with Gasteiger partial charge in [0.1, 0.15) is 0 Å². The first-order valence-electron chi connectivity index (χ1n) is 7.06. The molecule has 0 saturated carbocycles. The van der Waals surface area contributed by atoms with Crippen molar-refractivity contribution in [3.63, 3.8) is 0 Å². The number of ether oxygens (including phenoxy) is 1. The SMILES string of the molecule is CNCc1ccc(N2CC(C)OCC2C)cc1C(F)(F)F. The summed E-state index contributed by atoms with van der Waals surface area (Å²) >= 11 is 0. The number of halogens is 3. The summed E-state index contributed by atoms with van der Waals surface area (Å²) in [5, 5.41) is 2.78. The lowest BCUT2D eigenvalue weighted by Crippen LogP contribution is -2.47. The second-order valence-electron chi connectivity index (χ2n) is 5.51. The van der Waals surface area contributed by atoms with Gasteiger partial charge < -0.3 is 15.0 Å². The summed E-state index contributed by atoms with van der Waals surface area (Å²) in [5.41, 5.74) is 0.299. The van der Waals surface area contributed by atoms with Crippen LogP contribution in [-0.4, -0.2) is 32.3 Å². The highest BCUT2D eigenvalue weighted by atomic mass is 19.4. The Morgan fingerprint density at radius 3 is 2.67 bits per heavy atom. The molecule has 1 fully saturated rings. The summed E-state index contributed by atoms with van der Waals surface area (Å²) < 4.78 is 45.2. The summed E-state index contributed by atoms with van der Waals surface area (Å²) in [6.07, 6.45) is -4.32. The fourth-order valence-electron chi connectivity index (χ4n) is 2.61. The van der Waals surface area contributed by atoms with Gasteiger partial charge >= 0.3 is 6.18 Å². The molecule has 1 aromatic rings. The first-order chi connectivity index (χ1) is 9.82. The minimum Gasteiger partial charge on any atom is -0.375 e. The van der Waals surface area contributed by atoms with Crippen LogP contribution < -0.4 is 10.2 Å². The second-order valence-corrected chi connectivity index (χ2v) is 5.51. The van der Waals surface area contributed by atoms with Crippen molar-refractivity contribution in [1.29, 1.82) is 0 Å². The third-order valence-electron chi connectivity index (χ3n) is 3.71. The van der Waals surface area contributed by atoms with E-state index < -0.39 is 11.7 Å². The van der Waals surface area contributed by atoms with Crippen molar-refractivity contribution in [1.82, 2.24) is 5.32 Å². The fraction of sp³-hybridized carbons (Fsp3) is 0.600. The molecular formula is C15H21F3N2O.